The molecule has 0 bridgehead atoms. The lowest BCUT2D eigenvalue weighted by molar-refractivity contribution is 0.0921. The standard InChI is InChI=1S/C14H23N3OS/c1-9(2)7-13-17-12(8-19-13)14(18)16-11-5-3-10(15)4-6-11/h8-11H,3-7,15H2,1-2H3,(H,16,18). The van der Waals surface area contributed by atoms with Gasteiger partial charge in [-0.05, 0) is 31.6 Å². The van der Waals surface area contributed by atoms with Crippen molar-refractivity contribution >= 4 is 17.2 Å². The molecule has 19 heavy (non-hydrogen) atoms. The Balaban J connectivity index is 1.87. The third-order valence-electron chi connectivity index (χ3n) is 3.47. The Bertz CT molecular complexity index is 422. The number of carbonyl (C=O) groups excluding carboxylic acids is 1. The van der Waals surface area contributed by atoms with Crippen LogP contribution >= 0.6 is 11.3 Å². The molecule has 0 radical (unpaired) electrons. The van der Waals surface area contributed by atoms with Gasteiger partial charge in [-0.1, -0.05) is 13.8 Å². The molecule has 3 N–H and O–H groups in total. The van der Waals surface area contributed by atoms with Crippen molar-refractivity contribution in [3.63, 3.8) is 0 Å². The van der Waals surface area contributed by atoms with Crippen LogP contribution < -0.4 is 11.1 Å². The van der Waals surface area contributed by atoms with Gasteiger partial charge in [-0.2, -0.15) is 0 Å². The van der Waals surface area contributed by atoms with E-state index in [0.29, 0.717) is 17.7 Å². The van der Waals surface area contributed by atoms with Crippen LogP contribution in [-0.2, 0) is 6.42 Å². The molecule has 1 aliphatic rings. The zero-order valence-electron chi connectivity index (χ0n) is 11.7. The average Bonchev–Trinajstić information content (AvgIpc) is 2.80. The van der Waals surface area contributed by atoms with Gasteiger partial charge >= 0.3 is 0 Å². The van der Waals surface area contributed by atoms with Crippen LogP contribution in [0.25, 0.3) is 0 Å². The number of nitrogens with one attached hydrogen (secondary N) is 1. The molecule has 1 aliphatic carbocycles. The number of hydrogen-bond acceptors (Lipinski definition) is 4. The highest BCUT2D eigenvalue weighted by atomic mass is 32.1. The van der Waals surface area contributed by atoms with Gasteiger partial charge in [0.05, 0.1) is 5.01 Å². The number of carbonyl (C=O) groups is 1. The Labute approximate surface area is 118 Å². The molecule has 4 nitrogen and oxygen atoms in total. The number of aromatic nitrogens is 1. The fourth-order valence-electron chi connectivity index (χ4n) is 2.38. The van der Waals surface area contributed by atoms with Gasteiger partial charge in [0.2, 0.25) is 0 Å². The number of nitrogens with zero attached hydrogens (tertiary/aromatic N) is 1. The molecular weight excluding hydrogens is 258 g/mol. The van der Waals surface area contributed by atoms with E-state index >= 15 is 0 Å². The van der Waals surface area contributed by atoms with Gasteiger partial charge in [-0.15, -0.1) is 11.3 Å². The van der Waals surface area contributed by atoms with Crippen molar-refractivity contribution in [1.82, 2.24) is 10.3 Å². The second kappa shape index (κ2) is 6.48. The van der Waals surface area contributed by atoms with Crippen molar-refractivity contribution in [3.05, 3.63) is 16.1 Å². The fraction of sp³-hybridized carbons (Fsp3) is 0.714. The maximum Gasteiger partial charge on any atom is 0.270 e. The normalized spacial score (nSPS) is 23.6. The maximum absolute atomic E-state index is 12.1. The number of thiazole rings is 1. The zero-order valence-corrected chi connectivity index (χ0v) is 12.5. The first-order valence-electron chi connectivity index (χ1n) is 7.05. The molecule has 5 heteroatoms. The molecule has 106 valence electrons. The lowest BCUT2D eigenvalue weighted by Gasteiger charge is -2.26. The third-order valence-corrected chi connectivity index (χ3v) is 4.35. The summed E-state index contributed by atoms with van der Waals surface area (Å²) in [5, 5.41) is 5.98. The van der Waals surface area contributed by atoms with Crippen LogP contribution in [0.2, 0.25) is 0 Å². The van der Waals surface area contributed by atoms with Gasteiger partial charge in [-0.3, -0.25) is 4.79 Å². The molecule has 1 saturated carbocycles. The maximum atomic E-state index is 12.1. The molecule has 0 unspecified atom stereocenters. The largest absolute Gasteiger partial charge is 0.348 e. The average molecular weight is 281 g/mol. The predicted octanol–water partition coefficient (Wildman–Crippen LogP) is 2.34. The van der Waals surface area contributed by atoms with E-state index in [1.54, 1.807) is 11.3 Å². The molecule has 1 aromatic rings. The van der Waals surface area contributed by atoms with Crippen LogP contribution in [0, 0.1) is 5.92 Å². The second-order valence-corrected chi connectivity index (χ2v) is 6.75. The Morgan fingerprint density at radius 3 is 2.79 bits per heavy atom. The topological polar surface area (TPSA) is 68.0 Å². The van der Waals surface area contributed by atoms with Gasteiger partial charge in [0.1, 0.15) is 5.69 Å². The summed E-state index contributed by atoms with van der Waals surface area (Å²) in [7, 11) is 0. The third kappa shape index (κ3) is 4.28. The van der Waals surface area contributed by atoms with E-state index in [1.807, 2.05) is 5.38 Å². The van der Waals surface area contributed by atoms with Crippen molar-refractivity contribution in [2.24, 2.45) is 11.7 Å². The van der Waals surface area contributed by atoms with Crippen LogP contribution in [0.4, 0.5) is 0 Å². The van der Waals surface area contributed by atoms with Crippen molar-refractivity contribution in [1.29, 1.82) is 0 Å². The van der Waals surface area contributed by atoms with E-state index < -0.39 is 0 Å². The molecule has 1 heterocycles. The highest BCUT2D eigenvalue weighted by Gasteiger charge is 2.21. The number of nitrogens with two attached hydrogens (primary N) is 1. The summed E-state index contributed by atoms with van der Waals surface area (Å²) in [6.07, 6.45) is 4.91. The molecule has 0 aliphatic heterocycles. The van der Waals surface area contributed by atoms with E-state index in [9.17, 15) is 4.79 Å². The Kier molecular flexibility index (Phi) is 4.93. The smallest absolute Gasteiger partial charge is 0.270 e. The molecule has 1 amide bonds. The summed E-state index contributed by atoms with van der Waals surface area (Å²) in [6, 6.07) is 0.576. The van der Waals surface area contributed by atoms with Gasteiger partial charge in [-0.25, -0.2) is 4.98 Å². The van der Waals surface area contributed by atoms with Crippen LogP contribution in [-0.4, -0.2) is 23.0 Å². The molecule has 0 saturated heterocycles. The lowest BCUT2D eigenvalue weighted by atomic mass is 9.92. The second-order valence-electron chi connectivity index (χ2n) is 5.81. The molecule has 0 aromatic carbocycles. The molecule has 0 atom stereocenters. The highest BCUT2D eigenvalue weighted by Crippen LogP contribution is 2.18. The monoisotopic (exact) mass is 281 g/mol. The molecule has 1 fully saturated rings. The van der Waals surface area contributed by atoms with Crippen LogP contribution in [0.15, 0.2) is 5.38 Å². The number of hydrogen-bond donors (Lipinski definition) is 2. The summed E-state index contributed by atoms with van der Waals surface area (Å²) in [4.78, 5) is 16.5. The Morgan fingerprint density at radius 2 is 2.16 bits per heavy atom. The van der Waals surface area contributed by atoms with Crippen molar-refractivity contribution in [3.8, 4) is 0 Å². The van der Waals surface area contributed by atoms with Gasteiger partial charge < -0.3 is 11.1 Å². The first kappa shape index (κ1) is 14.5. The SMILES string of the molecule is CC(C)Cc1nc(C(=O)NC2CCC(N)CC2)cs1. The fourth-order valence-corrected chi connectivity index (χ4v) is 3.37. The first-order chi connectivity index (χ1) is 9.04. The predicted molar refractivity (Wildman–Crippen MR) is 78.4 cm³/mol. The van der Waals surface area contributed by atoms with E-state index in [2.05, 4.69) is 24.1 Å². The summed E-state index contributed by atoms with van der Waals surface area (Å²) >= 11 is 1.58. The summed E-state index contributed by atoms with van der Waals surface area (Å²) in [5.74, 6) is 0.536. The van der Waals surface area contributed by atoms with E-state index in [1.165, 1.54) is 0 Å². The molecule has 1 aromatic heterocycles. The zero-order chi connectivity index (χ0) is 13.8. The van der Waals surface area contributed by atoms with Crippen molar-refractivity contribution in [2.75, 3.05) is 0 Å². The molecule has 2 rings (SSSR count). The van der Waals surface area contributed by atoms with Crippen molar-refractivity contribution in [2.45, 2.75) is 58.0 Å². The van der Waals surface area contributed by atoms with E-state index in [0.717, 1.165) is 37.1 Å². The molecular formula is C14H23N3OS. The van der Waals surface area contributed by atoms with Gasteiger partial charge in [0.25, 0.3) is 5.91 Å². The minimum Gasteiger partial charge on any atom is -0.348 e. The van der Waals surface area contributed by atoms with Gasteiger partial charge in [0.15, 0.2) is 0 Å². The number of rotatable bonds is 4. The number of amides is 1. The molecule has 0 spiro atoms. The highest BCUT2D eigenvalue weighted by molar-refractivity contribution is 7.09. The minimum atomic E-state index is -0.0354. The van der Waals surface area contributed by atoms with E-state index in [4.69, 9.17) is 5.73 Å². The quantitative estimate of drug-likeness (QED) is 0.890. The van der Waals surface area contributed by atoms with Crippen LogP contribution in [0.3, 0.4) is 0 Å². The van der Waals surface area contributed by atoms with E-state index in [-0.39, 0.29) is 11.9 Å². The van der Waals surface area contributed by atoms with Gasteiger partial charge in [0, 0.05) is 23.9 Å². The van der Waals surface area contributed by atoms with Crippen LogP contribution in [0.5, 0.6) is 0 Å². The first-order valence-corrected chi connectivity index (χ1v) is 7.93. The Hall–Kier alpha value is -0.940. The van der Waals surface area contributed by atoms with Crippen molar-refractivity contribution < 1.29 is 4.79 Å². The van der Waals surface area contributed by atoms with Crippen LogP contribution in [0.1, 0.15) is 55.0 Å². The lowest BCUT2D eigenvalue weighted by Crippen LogP contribution is -2.40. The Morgan fingerprint density at radius 1 is 1.47 bits per heavy atom. The summed E-state index contributed by atoms with van der Waals surface area (Å²) in [6.45, 7) is 4.32. The summed E-state index contributed by atoms with van der Waals surface area (Å²) < 4.78 is 0. The summed E-state index contributed by atoms with van der Waals surface area (Å²) in [5.41, 5.74) is 6.43. The minimum absolute atomic E-state index is 0.0354.